The Kier molecular flexibility index (Phi) is 9.43. The quantitative estimate of drug-likeness (QED) is 0.351. The van der Waals surface area contributed by atoms with Crippen LogP contribution in [-0.4, -0.2) is 101 Å². The van der Waals surface area contributed by atoms with Crippen molar-refractivity contribution in [2.24, 2.45) is 0 Å². The summed E-state index contributed by atoms with van der Waals surface area (Å²) in [6.45, 7) is 11.4. The highest BCUT2D eigenvalue weighted by atomic mass is 35.5. The second-order valence-corrected chi connectivity index (χ2v) is 13.1. The van der Waals surface area contributed by atoms with Gasteiger partial charge >= 0.3 is 6.09 Å². The number of anilines is 1. The van der Waals surface area contributed by atoms with E-state index in [0.717, 1.165) is 61.6 Å². The molecule has 0 aliphatic carbocycles. The molecule has 5 rings (SSSR count). The number of halogens is 1. The smallest absolute Gasteiger partial charge is 0.408 e. The van der Waals surface area contributed by atoms with Crippen LogP contribution in [0.3, 0.4) is 0 Å². The van der Waals surface area contributed by atoms with Crippen LogP contribution in [-0.2, 0) is 9.53 Å². The van der Waals surface area contributed by atoms with Gasteiger partial charge in [-0.25, -0.2) is 14.8 Å². The topological polar surface area (TPSA) is 119 Å². The number of hydrogen-bond acceptors (Lipinski definition) is 8. The molecular formula is C31H43ClN8O3. The Morgan fingerprint density at radius 3 is 2.42 bits per heavy atom. The van der Waals surface area contributed by atoms with E-state index in [9.17, 15) is 9.59 Å². The predicted molar refractivity (Wildman–Crippen MR) is 168 cm³/mol. The second-order valence-electron chi connectivity index (χ2n) is 12.6. The van der Waals surface area contributed by atoms with Crippen molar-refractivity contribution in [2.75, 3.05) is 57.8 Å². The van der Waals surface area contributed by atoms with Crippen molar-refractivity contribution >= 4 is 40.5 Å². The van der Waals surface area contributed by atoms with Gasteiger partial charge in [0.2, 0.25) is 5.91 Å². The van der Waals surface area contributed by atoms with Gasteiger partial charge in [0.1, 0.15) is 28.9 Å². The van der Waals surface area contributed by atoms with Crippen molar-refractivity contribution in [1.29, 1.82) is 0 Å². The fourth-order valence-corrected chi connectivity index (χ4v) is 5.94. The molecule has 0 spiro atoms. The fraction of sp³-hybridized carbons (Fsp3) is 0.548. The van der Waals surface area contributed by atoms with Crippen LogP contribution >= 0.6 is 11.6 Å². The summed E-state index contributed by atoms with van der Waals surface area (Å²) in [6.07, 6.45) is 4.29. The van der Waals surface area contributed by atoms with E-state index in [-0.39, 0.29) is 11.9 Å². The average Bonchev–Trinajstić information content (AvgIpc) is 3.45. The monoisotopic (exact) mass is 610 g/mol. The zero-order valence-electron chi connectivity index (χ0n) is 25.5. The fourth-order valence-electron chi connectivity index (χ4n) is 5.82. The summed E-state index contributed by atoms with van der Waals surface area (Å²) < 4.78 is 5.62. The molecule has 2 saturated heterocycles. The lowest BCUT2D eigenvalue weighted by molar-refractivity contribution is -0.129. The van der Waals surface area contributed by atoms with Crippen LogP contribution in [0.1, 0.15) is 51.6 Å². The van der Waals surface area contributed by atoms with Crippen LogP contribution in [0.15, 0.2) is 42.9 Å². The molecule has 11 nitrogen and oxygen atoms in total. The van der Waals surface area contributed by atoms with Crippen LogP contribution in [0.25, 0.3) is 11.0 Å². The summed E-state index contributed by atoms with van der Waals surface area (Å²) >= 11 is 6.20. The number of piperidine rings is 1. The van der Waals surface area contributed by atoms with Gasteiger partial charge in [0, 0.05) is 57.0 Å². The minimum atomic E-state index is -1.15. The third kappa shape index (κ3) is 7.76. The number of piperazine rings is 1. The molecule has 3 aromatic rings. The first kappa shape index (κ1) is 31.0. The maximum atomic E-state index is 14.3. The maximum absolute atomic E-state index is 14.3. The van der Waals surface area contributed by atoms with Gasteiger partial charge in [-0.1, -0.05) is 23.7 Å². The lowest BCUT2D eigenvalue weighted by Crippen LogP contribution is -2.64. The van der Waals surface area contributed by atoms with E-state index in [0.29, 0.717) is 31.0 Å². The van der Waals surface area contributed by atoms with Crippen molar-refractivity contribution in [1.82, 2.24) is 35.4 Å². The third-order valence-electron chi connectivity index (χ3n) is 8.33. The van der Waals surface area contributed by atoms with Gasteiger partial charge < -0.3 is 35.1 Å². The summed E-state index contributed by atoms with van der Waals surface area (Å²) in [5, 5.41) is 7.88. The van der Waals surface area contributed by atoms with Gasteiger partial charge in [-0.05, 0) is 70.8 Å². The number of rotatable bonds is 8. The number of aromatic nitrogens is 3. The van der Waals surface area contributed by atoms with E-state index in [4.69, 9.17) is 16.3 Å². The Morgan fingerprint density at radius 2 is 1.74 bits per heavy atom. The van der Waals surface area contributed by atoms with Crippen molar-refractivity contribution in [2.45, 2.75) is 57.2 Å². The van der Waals surface area contributed by atoms with Gasteiger partial charge in [0.05, 0.1) is 11.4 Å². The molecule has 43 heavy (non-hydrogen) atoms. The Balaban J connectivity index is 1.36. The highest BCUT2D eigenvalue weighted by molar-refractivity contribution is 6.30. The molecule has 4 heterocycles. The van der Waals surface area contributed by atoms with Gasteiger partial charge in [0.25, 0.3) is 0 Å². The standard InChI is InChI=1S/C31H43ClN8O3/c1-30(2,3)43-29(42)37-31(11-15-40(16-12-31)27-24-9-13-33-26(24)34-21-35-27)28(41)36-25(22-5-7-23(32)8-6-22)10-14-39-19-17-38(4)18-20-39/h5-9,13,21,25H,10-12,14-20H2,1-4H3,(H,36,41)(H,37,42)(H,33,34,35). The Labute approximate surface area is 258 Å². The van der Waals surface area contributed by atoms with Gasteiger partial charge in [-0.3, -0.25) is 4.79 Å². The lowest BCUT2D eigenvalue weighted by Gasteiger charge is -2.42. The number of nitrogens with one attached hydrogen (secondary N) is 3. The first-order valence-electron chi connectivity index (χ1n) is 15.0. The van der Waals surface area contributed by atoms with Crippen molar-refractivity contribution in [3.8, 4) is 0 Å². The number of H-pyrrole nitrogens is 1. The Morgan fingerprint density at radius 1 is 1.05 bits per heavy atom. The molecule has 1 atom stereocenters. The third-order valence-corrected chi connectivity index (χ3v) is 8.58. The van der Waals surface area contributed by atoms with Crippen LogP contribution in [0.5, 0.6) is 0 Å². The predicted octanol–water partition coefficient (Wildman–Crippen LogP) is 3.97. The molecule has 2 amide bonds. The minimum absolute atomic E-state index is 0.217. The number of amides is 2. The lowest BCUT2D eigenvalue weighted by atomic mass is 9.85. The summed E-state index contributed by atoms with van der Waals surface area (Å²) in [4.78, 5) is 46.3. The molecule has 0 bridgehead atoms. The number of likely N-dealkylation sites (N-methyl/N-ethyl adjacent to an activating group) is 1. The minimum Gasteiger partial charge on any atom is -0.444 e. The Hall–Kier alpha value is -3.41. The first-order valence-corrected chi connectivity index (χ1v) is 15.4. The SMILES string of the molecule is CN1CCN(CCC(NC(=O)C2(NC(=O)OC(C)(C)C)CCN(c3ncnc4[nH]ccc34)CC2)c2ccc(Cl)cc2)CC1. The van der Waals surface area contributed by atoms with Gasteiger partial charge in [-0.2, -0.15) is 0 Å². The second kappa shape index (κ2) is 13.1. The number of benzene rings is 1. The van der Waals surface area contributed by atoms with E-state index in [2.05, 4.69) is 47.3 Å². The number of ether oxygens (including phenoxy) is 1. The summed E-state index contributed by atoms with van der Waals surface area (Å²) in [5.74, 6) is 0.592. The van der Waals surface area contributed by atoms with E-state index in [1.807, 2.05) is 57.3 Å². The molecule has 0 saturated carbocycles. The zero-order valence-corrected chi connectivity index (χ0v) is 26.3. The molecule has 232 valence electrons. The van der Waals surface area contributed by atoms with E-state index < -0.39 is 17.2 Å². The molecule has 3 N–H and O–H groups in total. The number of aromatic amines is 1. The van der Waals surface area contributed by atoms with Crippen molar-refractivity contribution < 1.29 is 14.3 Å². The molecule has 1 aromatic carbocycles. The summed E-state index contributed by atoms with van der Waals surface area (Å²) in [5.41, 5.74) is -0.107. The van der Waals surface area contributed by atoms with Gasteiger partial charge in [-0.15, -0.1) is 0 Å². The molecule has 12 heteroatoms. The molecule has 2 fully saturated rings. The van der Waals surface area contributed by atoms with Crippen LogP contribution in [0, 0.1) is 0 Å². The first-order chi connectivity index (χ1) is 20.5. The number of hydrogen-bond donors (Lipinski definition) is 3. The molecule has 1 unspecified atom stereocenters. The number of carbonyl (C=O) groups excluding carboxylic acids is 2. The zero-order chi connectivity index (χ0) is 30.6. The largest absolute Gasteiger partial charge is 0.444 e. The highest BCUT2D eigenvalue weighted by Gasteiger charge is 2.45. The number of alkyl carbamates (subject to hydrolysis) is 1. The number of nitrogens with zero attached hydrogens (tertiary/aromatic N) is 5. The average molecular weight is 611 g/mol. The number of fused-ring (bicyclic) bond motifs is 1. The molecule has 2 aliphatic heterocycles. The summed E-state index contributed by atoms with van der Waals surface area (Å²) in [6, 6.07) is 9.33. The van der Waals surface area contributed by atoms with Crippen LogP contribution < -0.4 is 15.5 Å². The van der Waals surface area contributed by atoms with E-state index >= 15 is 0 Å². The number of carbonyl (C=O) groups is 2. The molecule has 0 radical (unpaired) electrons. The summed E-state index contributed by atoms with van der Waals surface area (Å²) in [7, 11) is 2.14. The maximum Gasteiger partial charge on any atom is 0.408 e. The van der Waals surface area contributed by atoms with Crippen molar-refractivity contribution in [3.63, 3.8) is 0 Å². The van der Waals surface area contributed by atoms with Crippen LogP contribution in [0.4, 0.5) is 10.6 Å². The molecular weight excluding hydrogens is 568 g/mol. The van der Waals surface area contributed by atoms with E-state index in [1.54, 1.807) is 6.33 Å². The Bertz CT molecular complexity index is 1390. The highest BCUT2D eigenvalue weighted by Crippen LogP contribution is 2.31. The normalized spacial score (nSPS) is 18.8. The van der Waals surface area contributed by atoms with Crippen LogP contribution in [0.2, 0.25) is 5.02 Å². The molecule has 2 aliphatic rings. The molecule has 2 aromatic heterocycles. The van der Waals surface area contributed by atoms with E-state index in [1.165, 1.54) is 0 Å². The van der Waals surface area contributed by atoms with Crippen molar-refractivity contribution in [3.05, 3.63) is 53.4 Å². The van der Waals surface area contributed by atoms with Gasteiger partial charge in [0.15, 0.2) is 0 Å².